The zero-order chi connectivity index (χ0) is 30.2. The quantitative estimate of drug-likeness (QED) is 0.259. The maximum Gasteiger partial charge on any atom is -1.00 e. The van der Waals surface area contributed by atoms with Gasteiger partial charge in [0.2, 0.25) is 0 Å². The van der Waals surface area contributed by atoms with Crippen LogP contribution < -0.4 is 24.8 Å². The summed E-state index contributed by atoms with van der Waals surface area (Å²) in [5, 5.41) is 0. The van der Waals surface area contributed by atoms with Crippen molar-refractivity contribution in [2.45, 2.75) is 43.1 Å². The van der Waals surface area contributed by atoms with Gasteiger partial charge in [0.15, 0.2) is 0 Å². The van der Waals surface area contributed by atoms with Gasteiger partial charge >= 0.3 is 281 Å². The third-order valence-electron chi connectivity index (χ3n) is 9.97. The van der Waals surface area contributed by atoms with Gasteiger partial charge < -0.3 is 24.8 Å². The molecule has 0 aromatic heterocycles. The fourth-order valence-corrected chi connectivity index (χ4v) is 36.2. The maximum atomic E-state index is 2.58. The van der Waals surface area contributed by atoms with Crippen molar-refractivity contribution in [1.82, 2.24) is 0 Å². The maximum absolute atomic E-state index is 2.58. The molecule has 4 unspecified atom stereocenters. The summed E-state index contributed by atoms with van der Waals surface area (Å²) in [4.78, 5) is 0. The summed E-state index contributed by atoms with van der Waals surface area (Å²) >= 11 is -2.51. The molecule has 0 aliphatic heterocycles. The molecule has 8 rings (SSSR count). The minimum atomic E-state index is -1.25. The van der Waals surface area contributed by atoms with Crippen LogP contribution in [0.5, 0.6) is 0 Å². The summed E-state index contributed by atoms with van der Waals surface area (Å²) in [6.45, 7) is 9.04. The zero-order valence-corrected chi connectivity index (χ0v) is 34.0. The number of fused-ring (bicyclic) bond motifs is 4. The van der Waals surface area contributed by atoms with Crippen molar-refractivity contribution in [2.24, 2.45) is 0 Å². The number of hydrogen-bond acceptors (Lipinski definition) is 0. The van der Waals surface area contributed by atoms with Gasteiger partial charge in [-0.25, -0.2) is 0 Å². The molecule has 0 bridgehead atoms. The molecule has 0 spiro atoms. The predicted octanol–water partition coefficient (Wildman–Crippen LogP) is 4.26. The molecular formula is C40H42Cl2Si2Ti2. The van der Waals surface area contributed by atoms with Crippen molar-refractivity contribution in [3.63, 3.8) is 0 Å². The second-order valence-corrected chi connectivity index (χ2v) is 41.1. The van der Waals surface area contributed by atoms with E-state index >= 15 is 0 Å². The first kappa shape index (κ1) is 35.6. The monoisotopic (exact) mass is 744 g/mol. The zero-order valence-electron chi connectivity index (χ0n) is 27.1. The number of halogens is 2. The largest absolute Gasteiger partial charge is 1.00 e. The van der Waals surface area contributed by atoms with Gasteiger partial charge in [0, 0.05) is 0 Å². The van der Waals surface area contributed by atoms with Gasteiger partial charge in [0.05, 0.1) is 0 Å². The molecule has 4 aromatic rings. The minimum Gasteiger partial charge on any atom is -1.00 e. The Morgan fingerprint density at radius 3 is 0.804 bits per heavy atom. The summed E-state index contributed by atoms with van der Waals surface area (Å²) in [5.41, 5.74) is 12.3. The Hall–Kier alpha value is -1.72. The molecule has 4 atom stereocenters. The molecule has 4 aliphatic rings. The van der Waals surface area contributed by atoms with Crippen LogP contribution in [0.25, 0.3) is 24.3 Å². The van der Waals surface area contributed by atoms with E-state index in [4.69, 9.17) is 0 Å². The van der Waals surface area contributed by atoms with Crippen LogP contribution in [0, 0.1) is 0 Å². The van der Waals surface area contributed by atoms with Gasteiger partial charge in [-0.15, -0.1) is 0 Å². The second kappa shape index (κ2) is 15.7. The fraction of sp³-hybridized carbons (Fsp3) is 0.200. The molecule has 0 saturated carbocycles. The molecule has 0 heterocycles. The van der Waals surface area contributed by atoms with Crippen LogP contribution in [0.4, 0.5) is 0 Å². The van der Waals surface area contributed by atoms with Gasteiger partial charge in [-0.3, -0.25) is 0 Å². The Bertz CT molecular complexity index is 1540. The topological polar surface area (TPSA) is 0 Å². The molecule has 232 valence electrons. The molecule has 46 heavy (non-hydrogen) atoms. The van der Waals surface area contributed by atoms with Crippen LogP contribution >= 0.6 is 0 Å². The summed E-state index contributed by atoms with van der Waals surface area (Å²) < 4.78 is 3.01. The van der Waals surface area contributed by atoms with Crippen LogP contribution in [0.3, 0.4) is 0 Å². The molecular weight excluding hydrogens is 703 g/mol. The average molecular weight is 746 g/mol. The van der Waals surface area contributed by atoms with Crippen molar-refractivity contribution in [3.05, 3.63) is 166 Å². The molecule has 0 radical (unpaired) electrons. The molecule has 0 nitrogen and oxygen atoms in total. The van der Waals surface area contributed by atoms with Crippen molar-refractivity contribution in [2.75, 3.05) is 0 Å². The number of rotatable bonds is 6. The third-order valence-corrected chi connectivity index (χ3v) is 38.7. The van der Waals surface area contributed by atoms with Gasteiger partial charge in [0.1, 0.15) is 0 Å². The van der Waals surface area contributed by atoms with Crippen LogP contribution in [0.1, 0.15) is 61.4 Å². The average Bonchev–Trinajstić information content (AvgIpc) is 3.84. The number of benzene rings is 4. The van der Waals surface area contributed by atoms with Gasteiger partial charge in [-0.2, -0.15) is 0 Å². The Morgan fingerprint density at radius 1 is 0.370 bits per heavy atom. The van der Waals surface area contributed by atoms with Gasteiger partial charge in [-0.1, -0.05) is 0 Å². The Kier molecular flexibility index (Phi) is 12.1. The first-order valence-corrected chi connectivity index (χ1v) is 31.1. The first-order chi connectivity index (χ1) is 21.5. The molecule has 0 fully saturated rings. The standard InChI is InChI=1S/4C9H7.2C2H7Si.2ClH.2Ti/c4*1-2-5-9-7-3-6-8(9)4-1;2*1-3-2;;;;/h4*1-7H;2*3H,1-2H3;2*1H;;/q;;;;;;;;2*+1/p-2. The van der Waals surface area contributed by atoms with E-state index < -0.39 is 47.6 Å². The van der Waals surface area contributed by atoms with Gasteiger partial charge in [-0.05, 0) is 0 Å². The summed E-state index contributed by atoms with van der Waals surface area (Å²) in [7, 11) is 0. The minimum absolute atomic E-state index is 0. The third kappa shape index (κ3) is 6.89. The normalized spacial score (nSPS) is 20.3. The predicted molar refractivity (Wildman–Crippen MR) is 191 cm³/mol. The van der Waals surface area contributed by atoms with Crippen molar-refractivity contribution < 1.29 is 59.1 Å². The Morgan fingerprint density at radius 2 is 0.587 bits per heavy atom. The van der Waals surface area contributed by atoms with Crippen LogP contribution in [-0.2, 0) is 34.3 Å². The summed E-state index contributed by atoms with van der Waals surface area (Å²) in [6, 6.07) is 36.1. The smallest absolute Gasteiger partial charge is 1.00 e. The van der Waals surface area contributed by atoms with E-state index in [1.54, 1.807) is 22.3 Å². The van der Waals surface area contributed by atoms with Crippen LogP contribution in [-0.4, -0.2) is 13.3 Å². The number of hydrogen-bond donors (Lipinski definition) is 0. The van der Waals surface area contributed by atoms with E-state index in [9.17, 15) is 0 Å². The molecule has 0 amide bonds. The second-order valence-electron chi connectivity index (χ2n) is 13.2. The first-order valence-electron chi connectivity index (χ1n) is 16.3. The number of allylic oxidation sites excluding steroid dienone is 4. The van der Waals surface area contributed by atoms with E-state index in [0.717, 1.165) is 16.9 Å². The SMILES string of the molecule is C[SiH](C)[Ti+]([CH]1C=Cc2ccccc21)[CH]1C=Cc2ccccc21.C[SiH](C)[Ti+]([CH]1C=Cc2ccccc21)[CH]1C=Cc2ccccc21.[Cl-].[Cl-]. The van der Waals surface area contributed by atoms with Crippen molar-refractivity contribution >= 4 is 37.6 Å². The van der Waals surface area contributed by atoms with Gasteiger partial charge in [0.25, 0.3) is 0 Å². The van der Waals surface area contributed by atoms with Crippen LogP contribution in [0.2, 0.25) is 26.2 Å². The molecule has 6 heteroatoms. The molecule has 4 aliphatic carbocycles. The van der Waals surface area contributed by atoms with E-state index in [1.807, 2.05) is 0 Å². The van der Waals surface area contributed by atoms with E-state index in [2.05, 4.69) is 172 Å². The van der Waals surface area contributed by atoms with E-state index in [-0.39, 0.29) is 24.8 Å². The van der Waals surface area contributed by atoms with E-state index in [1.165, 1.54) is 22.3 Å². The Labute approximate surface area is 302 Å². The molecule has 0 N–H and O–H groups in total. The van der Waals surface area contributed by atoms with Crippen LogP contribution in [0.15, 0.2) is 121 Å². The fourth-order valence-electron chi connectivity index (χ4n) is 7.98. The Balaban J connectivity index is 0.000000174. The summed E-state index contributed by atoms with van der Waals surface area (Å²) in [6.07, 6.45) is 19.6. The van der Waals surface area contributed by atoms with E-state index in [0.29, 0.717) is 0 Å². The molecule has 0 saturated heterocycles. The van der Waals surface area contributed by atoms with Crippen molar-refractivity contribution in [3.8, 4) is 0 Å². The molecule has 4 aromatic carbocycles. The van der Waals surface area contributed by atoms with Crippen molar-refractivity contribution in [1.29, 1.82) is 0 Å². The summed E-state index contributed by atoms with van der Waals surface area (Å²) in [5.74, 6) is 0.